The van der Waals surface area contributed by atoms with Crippen LogP contribution in [0, 0.1) is 6.92 Å². The molecule has 1 fully saturated rings. The van der Waals surface area contributed by atoms with E-state index in [4.69, 9.17) is 4.74 Å². The Bertz CT molecular complexity index is 321. The zero-order valence-corrected chi connectivity index (χ0v) is 8.71. The SMILES string of the molecule is CNc1cc(OC2CCC2)cc(C)n1. The molecule has 3 nitrogen and oxygen atoms in total. The van der Waals surface area contributed by atoms with Crippen LogP contribution in [0.3, 0.4) is 0 Å². The first-order valence-electron chi connectivity index (χ1n) is 5.11. The Balaban J connectivity index is 2.11. The summed E-state index contributed by atoms with van der Waals surface area (Å²) in [5.41, 5.74) is 0.992. The number of aromatic nitrogens is 1. The minimum Gasteiger partial charge on any atom is -0.490 e. The topological polar surface area (TPSA) is 34.1 Å². The number of nitrogens with zero attached hydrogens (tertiary/aromatic N) is 1. The molecular weight excluding hydrogens is 176 g/mol. The highest BCUT2D eigenvalue weighted by atomic mass is 16.5. The molecule has 0 saturated heterocycles. The van der Waals surface area contributed by atoms with E-state index in [-0.39, 0.29) is 0 Å². The average molecular weight is 192 g/mol. The second-order valence-corrected chi connectivity index (χ2v) is 3.75. The van der Waals surface area contributed by atoms with E-state index in [2.05, 4.69) is 10.3 Å². The number of pyridine rings is 1. The van der Waals surface area contributed by atoms with Gasteiger partial charge in [0, 0.05) is 24.9 Å². The first kappa shape index (κ1) is 9.31. The fourth-order valence-corrected chi connectivity index (χ4v) is 1.51. The first-order chi connectivity index (χ1) is 6.78. The summed E-state index contributed by atoms with van der Waals surface area (Å²) in [6.45, 7) is 1.98. The number of anilines is 1. The molecule has 1 saturated carbocycles. The van der Waals surface area contributed by atoms with Gasteiger partial charge >= 0.3 is 0 Å². The van der Waals surface area contributed by atoms with Crippen molar-refractivity contribution in [3.8, 4) is 5.75 Å². The van der Waals surface area contributed by atoms with Crippen molar-refractivity contribution in [3.63, 3.8) is 0 Å². The third-order valence-electron chi connectivity index (χ3n) is 2.54. The highest BCUT2D eigenvalue weighted by Crippen LogP contribution is 2.26. The number of ether oxygens (including phenoxy) is 1. The van der Waals surface area contributed by atoms with Gasteiger partial charge in [-0.3, -0.25) is 0 Å². The monoisotopic (exact) mass is 192 g/mol. The van der Waals surface area contributed by atoms with E-state index in [1.807, 2.05) is 26.1 Å². The molecule has 76 valence electrons. The van der Waals surface area contributed by atoms with Crippen LogP contribution in [-0.4, -0.2) is 18.1 Å². The molecule has 0 aromatic carbocycles. The van der Waals surface area contributed by atoms with Crippen molar-refractivity contribution < 1.29 is 4.74 Å². The molecule has 0 radical (unpaired) electrons. The number of hydrogen-bond acceptors (Lipinski definition) is 3. The molecule has 1 aliphatic rings. The predicted molar refractivity (Wildman–Crippen MR) is 56.8 cm³/mol. The Morgan fingerprint density at radius 1 is 1.43 bits per heavy atom. The van der Waals surface area contributed by atoms with Gasteiger partial charge in [-0.2, -0.15) is 0 Å². The fraction of sp³-hybridized carbons (Fsp3) is 0.545. The summed E-state index contributed by atoms with van der Waals surface area (Å²) >= 11 is 0. The van der Waals surface area contributed by atoms with Crippen LogP contribution in [0.2, 0.25) is 0 Å². The third kappa shape index (κ3) is 1.97. The van der Waals surface area contributed by atoms with Crippen molar-refractivity contribution in [1.82, 2.24) is 4.98 Å². The average Bonchev–Trinajstić information content (AvgIpc) is 2.10. The van der Waals surface area contributed by atoms with Gasteiger partial charge in [0.2, 0.25) is 0 Å². The van der Waals surface area contributed by atoms with E-state index >= 15 is 0 Å². The van der Waals surface area contributed by atoms with E-state index in [0.717, 1.165) is 17.3 Å². The smallest absolute Gasteiger partial charge is 0.129 e. The van der Waals surface area contributed by atoms with Crippen molar-refractivity contribution in [2.45, 2.75) is 32.3 Å². The first-order valence-corrected chi connectivity index (χ1v) is 5.11. The Hall–Kier alpha value is -1.25. The summed E-state index contributed by atoms with van der Waals surface area (Å²) in [5.74, 6) is 1.81. The van der Waals surface area contributed by atoms with Gasteiger partial charge < -0.3 is 10.1 Å². The molecule has 1 N–H and O–H groups in total. The Kier molecular flexibility index (Phi) is 2.57. The molecule has 0 bridgehead atoms. The third-order valence-corrected chi connectivity index (χ3v) is 2.54. The summed E-state index contributed by atoms with van der Waals surface area (Å²) in [4.78, 5) is 4.31. The van der Waals surface area contributed by atoms with E-state index in [1.165, 1.54) is 19.3 Å². The second-order valence-electron chi connectivity index (χ2n) is 3.75. The van der Waals surface area contributed by atoms with Gasteiger partial charge in [-0.15, -0.1) is 0 Å². The van der Waals surface area contributed by atoms with Gasteiger partial charge in [0.1, 0.15) is 11.6 Å². The zero-order chi connectivity index (χ0) is 9.97. The van der Waals surface area contributed by atoms with Gasteiger partial charge in [0.05, 0.1) is 6.10 Å². The van der Waals surface area contributed by atoms with Crippen molar-refractivity contribution in [1.29, 1.82) is 0 Å². The highest BCUT2D eigenvalue weighted by Gasteiger charge is 2.19. The lowest BCUT2D eigenvalue weighted by molar-refractivity contribution is 0.120. The van der Waals surface area contributed by atoms with Crippen LogP contribution in [0.25, 0.3) is 0 Å². The molecule has 1 aromatic rings. The molecule has 3 heteroatoms. The molecular formula is C11H16N2O. The maximum atomic E-state index is 5.79. The van der Waals surface area contributed by atoms with Crippen LogP contribution in [-0.2, 0) is 0 Å². The second kappa shape index (κ2) is 3.86. The maximum absolute atomic E-state index is 5.79. The Morgan fingerprint density at radius 2 is 2.21 bits per heavy atom. The summed E-state index contributed by atoms with van der Waals surface area (Å²) in [7, 11) is 1.87. The fourth-order valence-electron chi connectivity index (χ4n) is 1.51. The standard InChI is InChI=1S/C11H16N2O/c1-8-6-10(7-11(12-2)13-8)14-9-4-3-5-9/h6-7,9H,3-5H2,1-2H3,(H,12,13). The summed E-state index contributed by atoms with van der Waals surface area (Å²) in [6, 6.07) is 3.93. The molecule has 1 aliphatic carbocycles. The van der Waals surface area contributed by atoms with Gasteiger partial charge in [0.25, 0.3) is 0 Å². The lowest BCUT2D eigenvalue weighted by Gasteiger charge is -2.26. The van der Waals surface area contributed by atoms with Crippen LogP contribution in [0.5, 0.6) is 5.75 Å². The number of aryl methyl sites for hydroxylation is 1. The molecule has 0 unspecified atom stereocenters. The molecule has 0 amide bonds. The minimum absolute atomic E-state index is 0.432. The Morgan fingerprint density at radius 3 is 2.79 bits per heavy atom. The highest BCUT2D eigenvalue weighted by molar-refractivity contribution is 5.42. The molecule has 0 aliphatic heterocycles. The lowest BCUT2D eigenvalue weighted by atomic mass is 9.96. The van der Waals surface area contributed by atoms with Crippen LogP contribution in [0.4, 0.5) is 5.82 Å². The summed E-state index contributed by atoms with van der Waals surface area (Å²) in [5, 5.41) is 3.03. The van der Waals surface area contributed by atoms with Gasteiger partial charge in [-0.25, -0.2) is 4.98 Å². The maximum Gasteiger partial charge on any atom is 0.129 e. The van der Waals surface area contributed by atoms with Crippen LogP contribution in [0.1, 0.15) is 25.0 Å². The molecule has 1 aromatic heterocycles. The van der Waals surface area contributed by atoms with Gasteiger partial charge in [-0.1, -0.05) is 0 Å². The van der Waals surface area contributed by atoms with Crippen LogP contribution in [0.15, 0.2) is 12.1 Å². The van der Waals surface area contributed by atoms with E-state index in [0.29, 0.717) is 6.10 Å². The zero-order valence-electron chi connectivity index (χ0n) is 8.71. The number of rotatable bonds is 3. The molecule has 14 heavy (non-hydrogen) atoms. The normalized spacial score (nSPS) is 16.1. The van der Waals surface area contributed by atoms with Crippen LogP contribution < -0.4 is 10.1 Å². The molecule has 0 atom stereocenters. The molecule has 1 heterocycles. The predicted octanol–water partition coefficient (Wildman–Crippen LogP) is 2.36. The van der Waals surface area contributed by atoms with Crippen molar-refractivity contribution in [2.75, 3.05) is 12.4 Å². The lowest BCUT2D eigenvalue weighted by Crippen LogP contribution is -2.24. The van der Waals surface area contributed by atoms with E-state index < -0.39 is 0 Å². The molecule has 2 rings (SSSR count). The van der Waals surface area contributed by atoms with E-state index in [1.54, 1.807) is 0 Å². The minimum atomic E-state index is 0.432. The molecule has 0 spiro atoms. The van der Waals surface area contributed by atoms with Crippen molar-refractivity contribution in [3.05, 3.63) is 17.8 Å². The van der Waals surface area contributed by atoms with E-state index in [9.17, 15) is 0 Å². The van der Waals surface area contributed by atoms with Crippen molar-refractivity contribution in [2.24, 2.45) is 0 Å². The van der Waals surface area contributed by atoms with Gasteiger partial charge in [-0.05, 0) is 26.2 Å². The largest absolute Gasteiger partial charge is 0.490 e. The quantitative estimate of drug-likeness (QED) is 0.798. The number of hydrogen-bond donors (Lipinski definition) is 1. The number of nitrogens with one attached hydrogen (secondary N) is 1. The Labute approximate surface area is 84.5 Å². The van der Waals surface area contributed by atoms with Crippen molar-refractivity contribution >= 4 is 5.82 Å². The summed E-state index contributed by atoms with van der Waals surface area (Å²) in [6.07, 6.45) is 4.11. The van der Waals surface area contributed by atoms with Crippen LogP contribution >= 0.6 is 0 Å². The van der Waals surface area contributed by atoms with Gasteiger partial charge in [0.15, 0.2) is 0 Å². The summed E-state index contributed by atoms with van der Waals surface area (Å²) < 4.78 is 5.79.